The van der Waals surface area contributed by atoms with Crippen LogP contribution in [0.3, 0.4) is 0 Å². The van der Waals surface area contributed by atoms with Crippen LogP contribution in [-0.4, -0.2) is 40.0 Å². The quantitative estimate of drug-likeness (QED) is 0.758. The average molecular weight is 389 g/mol. The number of nitrogens with zero attached hydrogens (tertiary/aromatic N) is 2. The Morgan fingerprint density at radius 1 is 1.22 bits per heavy atom. The van der Waals surface area contributed by atoms with Crippen LogP contribution < -0.4 is 5.73 Å². The van der Waals surface area contributed by atoms with Crippen molar-refractivity contribution in [2.75, 3.05) is 13.1 Å². The molecule has 6 nitrogen and oxygen atoms in total. The van der Waals surface area contributed by atoms with E-state index in [1.807, 2.05) is 18.2 Å². The number of aromatic amines is 1. The van der Waals surface area contributed by atoms with E-state index in [-0.39, 0.29) is 12.5 Å². The summed E-state index contributed by atoms with van der Waals surface area (Å²) in [5.41, 5.74) is 7.03. The van der Waals surface area contributed by atoms with Gasteiger partial charge in [0.15, 0.2) is 0 Å². The van der Waals surface area contributed by atoms with Gasteiger partial charge in [-0.2, -0.15) is 5.10 Å². The predicted molar refractivity (Wildman–Crippen MR) is 105 cm³/mol. The van der Waals surface area contributed by atoms with E-state index in [9.17, 15) is 9.59 Å². The number of hydrogen-bond donors (Lipinski definition) is 2. The summed E-state index contributed by atoms with van der Waals surface area (Å²) in [5, 5.41) is 7.54. The van der Waals surface area contributed by atoms with Crippen LogP contribution in [-0.2, 0) is 4.79 Å². The number of carbonyl (C=O) groups excluding carboxylic acids is 2. The first-order valence-corrected chi connectivity index (χ1v) is 9.80. The number of amides is 2. The largest absolute Gasteiger partial charge is 0.368 e. The molecule has 27 heavy (non-hydrogen) atoms. The van der Waals surface area contributed by atoms with Gasteiger partial charge in [-0.3, -0.25) is 14.7 Å². The fourth-order valence-electron chi connectivity index (χ4n) is 3.66. The molecule has 0 aliphatic heterocycles. The smallest absolute Gasteiger partial charge is 0.272 e. The zero-order valence-electron chi connectivity index (χ0n) is 15.3. The molecule has 3 rings (SSSR count). The number of aromatic nitrogens is 2. The molecule has 1 aromatic heterocycles. The summed E-state index contributed by atoms with van der Waals surface area (Å²) in [6.45, 7) is 0.429. The summed E-state index contributed by atoms with van der Waals surface area (Å²) < 4.78 is 0. The van der Waals surface area contributed by atoms with E-state index >= 15 is 0 Å². The van der Waals surface area contributed by atoms with Gasteiger partial charge in [-0.05, 0) is 24.5 Å². The molecule has 1 saturated carbocycles. The maximum absolute atomic E-state index is 12.9. The third-order valence-electron chi connectivity index (χ3n) is 5.12. The Kier molecular flexibility index (Phi) is 6.50. The monoisotopic (exact) mass is 388 g/mol. The summed E-state index contributed by atoms with van der Waals surface area (Å²) in [6.07, 6.45) is 7.06. The second-order valence-corrected chi connectivity index (χ2v) is 7.54. The molecule has 0 bridgehead atoms. The minimum Gasteiger partial charge on any atom is -0.368 e. The lowest BCUT2D eigenvalue weighted by Crippen LogP contribution is -2.39. The van der Waals surface area contributed by atoms with Gasteiger partial charge in [-0.1, -0.05) is 61.9 Å². The number of nitrogens with one attached hydrogen (secondary N) is 1. The molecule has 0 radical (unpaired) electrons. The lowest BCUT2D eigenvalue weighted by molar-refractivity contribution is -0.118. The average Bonchev–Trinajstić information content (AvgIpc) is 3.15. The molecule has 0 spiro atoms. The van der Waals surface area contributed by atoms with Gasteiger partial charge in [0.05, 0.1) is 17.3 Å². The zero-order valence-corrected chi connectivity index (χ0v) is 16.0. The van der Waals surface area contributed by atoms with Crippen LogP contribution in [0, 0.1) is 5.92 Å². The number of benzene rings is 1. The Morgan fingerprint density at radius 2 is 1.96 bits per heavy atom. The van der Waals surface area contributed by atoms with Gasteiger partial charge in [-0.15, -0.1) is 0 Å². The van der Waals surface area contributed by atoms with Crippen molar-refractivity contribution in [2.24, 2.45) is 11.7 Å². The van der Waals surface area contributed by atoms with E-state index in [4.69, 9.17) is 17.3 Å². The van der Waals surface area contributed by atoms with Gasteiger partial charge < -0.3 is 10.6 Å². The summed E-state index contributed by atoms with van der Waals surface area (Å²) in [4.78, 5) is 25.9. The molecule has 1 aromatic carbocycles. The number of halogens is 1. The number of H-pyrrole nitrogens is 1. The van der Waals surface area contributed by atoms with Crippen LogP contribution in [0.15, 0.2) is 30.3 Å². The molecular formula is C20H25ClN4O2. The molecule has 144 valence electrons. The molecule has 1 heterocycles. The summed E-state index contributed by atoms with van der Waals surface area (Å²) in [6, 6.07) is 8.98. The molecule has 7 heteroatoms. The van der Waals surface area contributed by atoms with Crippen LogP contribution in [0.5, 0.6) is 0 Å². The van der Waals surface area contributed by atoms with Crippen molar-refractivity contribution in [2.45, 2.75) is 38.5 Å². The Bertz CT molecular complexity index is 799. The van der Waals surface area contributed by atoms with Crippen LogP contribution in [0.2, 0.25) is 5.02 Å². The molecular weight excluding hydrogens is 364 g/mol. The van der Waals surface area contributed by atoms with Crippen molar-refractivity contribution in [1.29, 1.82) is 0 Å². The fraction of sp³-hybridized carbons (Fsp3) is 0.450. The minimum atomic E-state index is -0.516. The lowest BCUT2D eigenvalue weighted by atomic mass is 9.87. The van der Waals surface area contributed by atoms with E-state index < -0.39 is 5.91 Å². The van der Waals surface area contributed by atoms with E-state index in [1.165, 1.54) is 37.0 Å². The highest BCUT2D eigenvalue weighted by atomic mass is 35.5. The summed E-state index contributed by atoms with van der Waals surface area (Å²) in [7, 11) is 0. The van der Waals surface area contributed by atoms with Crippen LogP contribution in [0.25, 0.3) is 11.3 Å². The normalized spacial score (nSPS) is 14.9. The second-order valence-electron chi connectivity index (χ2n) is 7.13. The standard InChI is InChI=1S/C20H25ClN4O2/c21-16-9-5-4-8-15(16)17-12-18(24-23-17)20(27)25(13-19(22)26)11-10-14-6-2-1-3-7-14/h4-5,8-9,12,14H,1-3,6-7,10-11,13H2,(H2,22,26)(H,23,24). The van der Waals surface area contributed by atoms with Crippen molar-refractivity contribution < 1.29 is 9.59 Å². The zero-order chi connectivity index (χ0) is 19.2. The molecule has 2 amide bonds. The number of primary amides is 1. The molecule has 0 atom stereocenters. The number of carbonyl (C=O) groups is 2. The van der Waals surface area contributed by atoms with Crippen molar-refractivity contribution in [3.05, 3.63) is 41.0 Å². The number of rotatable bonds is 7. The van der Waals surface area contributed by atoms with E-state index in [0.29, 0.717) is 28.9 Å². The molecule has 0 unspecified atom stereocenters. The number of hydrogen-bond acceptors (Lipinski definition) is 3. The van der Waals surface area contributed by atoms with Crippen molar-refractivity contribution in [1.82, 2.24) is 15.1 Å². The van der Waals surface area contributed by atoms with Gasteiger partial charge in [0.25, 0.3) is 5.91 Å². The maximum Gasteiger partial charge on any atom is 0.272 e. The van der Waals surface area contributed by atoms with Crippen LogP contribution in [0.4, 0.5) is 0 Å². The van der Waals surface area contributed by atoms with Crippen molar-refractivity contribution in [3.63, 3.8) is 0 Å². The molecule has 1 fully saturated rings. The first kappa shape index (κ1) is 19.4. The highest BCUT2D eigenvalue weighted by Crippen LogP contribution is 2.28. The first-order chi connectivity index (χ1) is 13.0. The maximum atomic E-state index is 12.9. The van der Waals surface area contributed by atoms with E-state index in [2.05, 4.69) is 10.2 Å². The Morgan fingerprint density at radius 3 is 2.67 bits per heavy atom. The van der Waals surface area contributed by atoms with Crippen molar-refractivity contribution >= 4 is 23.4 Å². The Labute approximate surface area is 164 Å². The molecule has 2 aromatic rings. The molecule has 1 aliphatic carbocycles. The number of nitrogens with two attached hydrogens (primary N) is 1. The highest BCUT2D eigenvalue weighted by Gasteiger charge is 2.22. The summed E-state index contributed by atoms with van der Waals surface area (Å²) in [5.74, 6) is -0.171. The topological polar surface area (TPSA) is 92.1 Å². The Balaban J connectivity index is 1.71. The van der Waals surface area contributed by atoms with E-state index in [0.717, 1.165) is 12.0 Å². The Hall–Kier alpha value is -2.34. The SMILES string of the molecule is NC(=O)CN(CCC1CCCCC1)C(=O)c1cc(-c2ccccc2Cl)n[nH]1. The van der Waals surface area contributed by atoms with Gasteiger partial charge in [0, 0.05) is 12.1 Å². The highest BCUT2D eigenvalue weighted by molar-refractivity contribution is 6.33. The van der Waals surface area contributed by atoms with E-state index in [1.54, 1.807) is 12.1 Å². The predicted octanol–water partition coefficient (Wildman–Crippen LogP) is 3.63. The lowest BCUT2D eigenvalue weighted by Gasteiger charge is -2.26. The molecule has 1 aliphatic rings. The van der Waals surface area contributed by atoms with Crippen LogP contribution >= 0.6 is 11.6 Å². The fourth-order valence-corrected chi connectivity index (χ4v) is 3.90. The first-order valence-electron chi connectivity index (χ1n) is 9.42. The van der Waals surface area contributed by atoms with Gasteiger partial charge in [-0.25, -0.2) is 0 Å². The third kappa shape index (κ3) is 5.10. The van der Waals surface area contributed by atoms with Gasteiger partial charge in [0.2, 0.25) is 5.91 Å². The van der Waals surface area contributed by atoms with Crippen molar-refractivity contribution in [3.8, 4) is 11.3 Å². The van der Waals surface area contributed by atoms with Crippen LogP contribution in [0.1, 0.15) is 49.0 Å². The minimum absolute atomic E-state index is 0.0913. The molecule has 0 saturated heterocycles. The molecule has 3 N–H and O–H groups in total. The third-order valence-corrected chi connectivity index (χ3v) is 5.45. The van der Waals surface area contributed by atoms with Gasteiger partial charge >= 0.3 is 0 Å². The second kappa shape index (κ2) is 9.04. The summed E-state index contributed by atoms with van der Waals surface area (Å²) >= 11 is 6.20. The van der Waals surface area contributed by atoms with Gasteiger partial charge in [0.1, 0.15) is 5.69 Å².